The fourth-order valence-electron chi connectivity index (χ4n) is 2.68. The predicted molar refractivity (Wildman–Crippen MR) is 74.3 cm³/mol. The lowest BCUT2D eigenvalue weighted by Crippen LogP contribution is -2.48. The van der Waals surface area contributed by atoms with Gasteiger partial charge >= 0.3 is 5.97 Å². The Labute approximate surface area is 119 Å². The highest BCUT2D eigenvalue weighted by atomic mass is 16.4. The lowest BCUT2D eigenvalue weighted by Gasteiger charge is -2.25. The van der Waals surface area contributed by atoms with Gasteiger partial charge in [0.1, 0.15) is 0 Å². The van der Waals surface area contributed by atoms with Gasteiger partial charge in [0.15, 0.2) is 5.78 Å². The molecule has 0 aromatic rings. The van der Waals surface area contributed by atoms with Crippen molar-refractivity contribution in [2.24, 2.45) is 5.92 Å². The molecule has 1 heterocycles. The Kier molecular flexibility index (Phi) is 6.13. The molecule has 0 radical (unpaired) electrons. The number of carboxylic acid groups (broad SMARTS) is 1. The van der Waals surface area contributed by atoms with Crippen LogP contribution < -0.4 is 5.32 Å². The molecule has 0 aromatic carbocycles. The molecule has 1 saturated heterocycles. The van der Waals surface area contributed by atoms with Crippen molar-refractivity contribution in [1.82, 2.24) is 10.2 Å². The van der Waals surface area contributed by atoms with Gasteiger partial charge in [-0.05, 0) is 32.2 Å². The summed E-state index contributed by atoms with van der Waals surface area (Å²) < 4.78 is 0. The minimum Gasteiger partial charge on any atom is -0.481 e. The van der Waals surface area contributed by atoms with Gasteiger partial charge in [-0.25, -0.2) is 0 Å². The topological polar surface area (TPSA) is 86.7 Å². The summed E-state index contributed by atoms with van der Waals surface area (Å²) in [5.41, 5.74) is 0. The van der Waals surface area contributed by atoms with Crippen LogP contribution >= 0.6 is 0 Å². The molecule has 2 unspecified atom stereocenters. The van der Waals surface area contributed by atoms with Crippen molar-refractivity contribution in [3.05, 3.63) is 0 Å². The van der Waals surface area contributed by atoms with Crippen LogP contribution in [-0.4, -0.2) is 52.8 Å². The van der Waals surface area contributed by atoms with E-state index in [1.165, 1.54) is 6.92 Å². The second kappa shape index (κ2) is 7.38. The molecule has 20 heavy (non-hydrogen) atoms. The molecule has 0 spiro atoms. The highest BCUT2D eigenvalue weighted by molar-refractivity contribution is 5.88. The number of nitrogens with zero attached hydrogens (tertiary/aromatic N) is 1. The van der Waals surface area contributed by atoms with Gasteiger partial charge < -0.3 is 10.4 Å². The standard InChI is InChI=1S/C14H24N2O4/c1-9(2)14(10(3)17)15-12(18)8-16-6-4-5-11(16)7-13(19)20/h9,11,14H,4-8H2,1-3H3,(H,15,18)(H,19,20). The van der Waals surface area contributed by atoms with E-state index in [1.807, 2.05) is 18.7 Å². The second-order valence-corrected chi connectivity index (χ2v) is 5.76. The van der Waals surface area contributed by atoms with Crippen molar-refractivity contribution in [3.8, 4) is 0 Å². The summed E-state index contributed by atoms with van der Waals surface area (Å²) in [5.74, 6) is -1.07. The quantitative estimate of drug-likeness (QED) is 0.717. The molecule has 114 valence electrons. The van der Waals surface area contributed by atoms with E-state index < -0.39 is 12.0 Å². The molecule has 0 saturated carbocycles. The number of amides is 1. The number of nitrogens with one attached hydrogen (secondary N) is 1. The molecule has 1 fully saturated rings. The molecule has 0 aliphatic carbocycles. The van der Waals surface area contributed by atoms with Crippen LogP contribution in [-0.2, 0) is 14.4 Å². The highest BCUT2D eigenvalue weighted by Gasteiger charge is 2.29. The maximum Gasteiger partial charge on any atom is 0.304 e. The predicted octanol–water partition coefficient (Wildman–Crippen LogP) is 0.655. The Hall–Kier alpha value is -1.43. The van der Waals surface area contributed by atoms with Crippen LogP contribution in [0, 0.1) is 5.92 Å². The van der Waals surface area contributed by atoms with Crippen LogP contribution in [0.5, 0.6) is 0 Å². The van der Waals surface area contributed by atoms with Gasteiger partial charge in [-0.1, -0.05) is 13.8 Å². The zero-order valence-corrected chi connectivity index (χ0v) is 12.4. The monoisotopic (exact) mass is 284 g/mol. The molecule has 2 atom stereocenters. The normalized spacial score (nSPS) is 20.9. The molecular formula is C14H24N2O4. The molecule has 6 heteroatoms. The van der Waals surface area contributed by atoms with E-state index in [9.17, 15) is 14.4 Å². The third-order valence-corrected chi connectivity index (χ3v) is 3.68. The number of hydrogen-bond acceptors (Lipinski definition) is 4. The highest BCUT2D eigenvalue weighted by Crippen LogP contribution is 2.19. The number of carbonyl (C=O) groups excluding carboxylic acids is 2. The fraction of sp³-hybridized carbons (Fsp3) is 0.786. The number of carboxylic acids is 1. The van der Waals surface area contributed by atoms with Gasteiger partial charge in [-0.2, -0.15) is 0 Å². The SMILES string of the molecule is CC(=O)C(NC(=O)CN1CCCC1CC(=O)O)C(C)C. The summed E-state index contributed by atoms with van der Waals surface area (Å²) >= 11 is 0. The van der Waals surface area contributed by atoms with Crippen LogP contribution in [0.3, 0.4) is 0 Å². The Morgan fingerprint density at radius 2 is 2.00 bits per heavy atom. The molecule has 6 nitrogen and oxygen atoms in total. The van der Waals surface area contributed by atoms with Crippen LogP contribution in [0.1, 0.15) is 40.0 Å². The number of hydrogen-bond donors (Lipinski definition) is 2. The Morgan fingerprint density at radius 1 is 1.35 bits per heavy atom. The number of carbonyl (C=O) groups is 3. The van der Waals surface area contributed by atoms with Gasteiger partial charge in [0.2, 0.25) is 5.91 Å². The van der Waals surface area contributed by atoms with Crippen molar-refractivity contribution >= 4 is 17.7 Å². The van der Waals surface area contributed by atoms with Crippen molar-refractivity contribution in [3.63, 3.8) is 0 Å². The van der Waals surface area contributed by atoms with E-state index in [-0.39, 0.29) is 36.6 Å². The molecule has 0 bridgehead atoms. The summed E-state index contributed by atoms with van der Waals surface area (Å²) in [4.78, 5) is 36.1. The average Bonchev–Trinajstić information content (AvgIpc) is 2.71. The summed E-state index contributed by atoms with van der Waals surface area (Å²) in [6, 6.07) is -0.545. The van der Waals surface area contributed by atoms with Crippen molar-refractivity contribution < 1.29 is 19.5 Å². The largest absolute Gasteiger partial charge is 0.481 e. The van der Waals surface area contributed by atoms with E-state index in [2.05, 4.69) is 5.32 Å². The smallest absolute Gasteiger partial charge is 0.304 e. The first-order valence-corrected chi connectivity index (χ1v) is 7.07. The Morgan fingerprint density at radius 3 is 2.50 bits per heavy atom. The summed E-state index contributed by atoms with van der Waals surface area (Å²) in [6.07, 6.45) is 1.78. The first kappa shape index (κ1) is 16.6. The molecule has 2 N–H and O–H groups in total. The molecule has 0 aromatic heterocycles. The van der Waals surface area contributed by atoms with Crippen molar-refractivity contribution in [1.29, 1.82) is 0 Å². The molecule has 1 amide bonds. The maximum absolute atomic E-state index is 12.0. The van der Waals surface area contributed by atoms with Gasteiger partial charge in [-0.3, -0.25) is 19.3 Å². The molecule has 1 aliphatic heterocycles. The number of aliphatic carboxylic acids is 1. The summed E-state index contributed by atoms with van der Waals surface area (Å²) in [7, 11) is 0. The first-order valence-electron chi connectivity index (χ1n) is 7.07. The van der Waals surface area contributed by atoms with E-state index in [4.69, 9.17) is 5.11 Å². The average molecular weight is 284 g/mol. The Balaban J connectivity index is 2.52. The lowest BCUT2D eigenvalue weighted by molar-refractivity contribution is -0.138. The number of ketones is 1. The van der Waals surface area contributed by atoms with Crippen molar-refractivity contribution in [2.45, 2.75) is 52.1 Å². The molecule has 1 rings (SSSR count). The first-order chi connectivity index (χ1) is 9.31. The van der Waals surface area contributed by atoms with Gasteiger partial charge in [0, 0.05) is 6.04 Å². The van der Waals surface area contributed by atoms with Crippen LogP contribution in [0.15, 0.2) is 0 Å². The van der Waals surface area contributed by atoms with Gasteiger partial charge in [0.05, 0.1) is 19.0 Å². The number of rotatable bonds is 7. The number of Topliss-reactive ketones (excluding diaryl/α,β-unsaturated/α-hetero) is 1. The van der Waals surface area contributed by atoms with Crippen molar-refractivity contribution in [2.75, 3.05) is 13.1 Å². The number of likely N-dealkylation sites (tertiary alicyclic amines) is 1. The maximum atomic E-state index is 12.0. The minimum atomic E-state index is -0.842. The van der Waals surface area contributed by atoms with Crippen LogP contribution in [0.25, 0.3) is 0 Å². The Bertz CT molecular complexity index is 381. The summed E-state index contributed by atoms with van der Waals surface area (Å²) in [6.45, 7) is 6.13. The van der Waals surface area contributed by atoms with E-state index in [0.717, 1.165) is 19.4 Å². The van der Waals surface area contributed by atoms with E-state index in [0.29, 0.717) is 0 Å². The van der Waals surface area contributed by atoms with E-state index in [1.54, 1.807) is 0 Å². The third kappa shape index (κ3) is 4.92. The fourth-order valence-corrected chi connectivity index (χ4v) is 2.68. The zero-order valence-electron chi connectivity index (χ0n) is 12.4. The van der Waals surface area contributed by atoms with E-state index >= 15 is 0 Å². The van der Waals surface area contributed by atoms with Crippen LogP contribution in [0.2, 0.25) is 0 Å². The molecule has 1 aliphatic rings. The third-order valence-electron chi connectivity index (χ3n) is 3.68. The van der Waals surface area contributed by atoms with Gasteiger partial charge in [0.25, 0.3) is 0 Å². The van der Waals surface area contributed by atoms with Crippen LogP contribution in [0.4, 0.5) is 0 Å². The summed E-state index contributed by atoms with van der Waals surface area (Å²) in [5, 5.41) is 11.6. The minimum absolute atomic E-state index is 0.0462. The second-order valence-electron chi connectivity index (χ2n) is 5.76. The van der Waals surface area contributed by atoms with Gasteiger partial charge in [-0.15, -0.1) is 0 Å². The zero-order chi connectivity index (χ0) is 15.3. The molecular weight excluding hydrogens is 260 g/mol. The lowest BCUT2D eigenvalue weighted by atomic mass is 10.0.